The molecule has 1 fully saturated rings. The molecule has 1 aromatic heterocycles. The fraction of sp³-hybridized carbons (Fsp3) is 0.412. The van der Waals surface area contributed by atoms with Crippen LogP contribution in [-0.4, -0.2) is 23.1 Å². The van der Waals surface area contributed by atoms with Gasteiger partial charge in [0.1, 0.15) is 17.5 Å². The average Bonchev–Trinajstić information content (AvgIpc) is 2.50. The normalized spacial score (nSPS) is 15.7. The lowest BCUT2D eigenvalue weighted by molar-refractivity contribution is 0.434. The molecule has 0 aliphatic carbocycles. The van der Waals surface area contributed by atoms with Crippen LogP contribution in [0, 0.1) is 24.5 Å². The van der Waals surface area contributed by atoms with Crippen molar-refractivity contribution in [1.82, 2.24) is 9.97 Å². The van der Waals surface area contributed by atoms with Crippen LogP contribution in [0.5, 0.6) is 0 Å². The monoisotopic (exact) mass is 318 g/mol. The Bertz CT molecular complexity index is 697. The van der Waals surface area contributed by atoms with Crippen molar-refractivity contribution in [2.75, 3.05) is 23.3 Å². The number of hydrogen-bond donors (Lipinski definition) is 1. The first-order valence-corrected chi connectivity index (χ1v) is 7.84. The molecule has 2 heterocycles. The summed E-state index contributed by atoms with van der Waals surface area (Å²) in [5.74, 6) is 0.644. The van der Waals surface area contributed by atoms with Crippen molar-refractivity contribution >= 4 is 17.5 Å². The minimum atomic E-state index is -0.644. The molecule has 1 N–H and O–H groups in total. The van der Waals surface area contributed by atoms with Crippen molar-refractivity contribution in [2.45, 2.75) is 26.7 Å². The minimum absolute atomic E-state index is 0.197. The van der Waals surface area contributed by atoms with E-state index in [1.807, 2.05) is 6.92 Å². The predicted octanol–water partition coefficient (Wildman–Crippen LogP) is 4.04. The topological polar surface area (TPSA) is 41.1 Å². The summed E-state index contributed by atoms with van der Waals surface area (Å²) in [6.45, 7) is 5.98. The van der Waals surface area contributed by atoms with Crippen LogP contribution in [0.15, 0.2) is 24.3 Å². The van der Waals surface area contributed by atoms with Gasteiger partial charge in [-0.2, -0.15) is 4.98 Å². The molecule has 1 aliphatic rings. The molecule has 2 aromatic rings. The van der Waals surface area contributed by atoms with Crippen molar-refractivity contribution in [3.05, 3.63) is 41.6 Å². The summed E-state index contributed by atoms with van der Waals surface area (Å²) < 4.78 is 26.8. The fourth-order valence-corrected chi connectivity index (χ4v) is 2.70. The number of nitrogens with zero attached hydrogens (tertiary/aromatic N) is 3. The first-order chi connectivity index (χ1) is 11.0. The highest BCUT2D eigenvalue weighted by atomic mass is 19.1. The Hall–Kier alpha value is -2.24. The zero-order chi connectivity index (χ0) is 16.4. The van der Waals surface area contributed by atoms with E-state index in [9.17, 15) is 8.78 Å². The first kappa shape index (κ1) is 15.6. The summed E-state index contributed by atoms with van der Waals surface area (Å²) in [7, 11) is 0. The molecule has 122 valence electrons. The quantitative estimate of drug-likeness (QED) is 0.927. The maximum Gasteiger partial charge on any atom is 0.227 e. The summed E-state index contributed by atoms with van der Waals surface area (Å²) in [4.78, 5) is 11.1. The number of rotatable bonds is 3. The molecule has 23 heavy (non-hydrogen) atoms. The van der Waals surface area contributed by atoms with E-state index in [-0.39, 0.29) is 5.69 Å². The summed E-state index contributed by atoms with van der Waals surface area (Å²) in [5.41, 5.74) is 1.00. The van der Waals surface area contributed by atoms with Gasteiger partial charge in [0.15, 0.2) is 0 Å². The number of halogens is 2. The van der Waals surface area contributed by atoms with Crippen molar-refractivity contribution < 1.29 is 8.78 Å². The Kier molecular flexibility index (Phi) is 4.41. The van der Waals surface area contributed by atoms with Gasteiger partial charge < -0.3 is 10.2 Å². The van der Waals surface area contributed by atoms with Crippen LogP contribution in [0.1, 0.15) is 25.5 Å². The maximum atomic E-state index is 13.8. The van der Waals surface area contributed by atoms with Gasteiger partial charge in [0.25, 0.3) is 0 Å². The number of benzene rings is 1. The largest absolute Gasteiger partial charge is 0.341 e. The van der Waals surface area contributed by atoms with Gasteiger partial charge in [-0.1, -0.05) is 6.92 Å². The summed E-state index contributed by atoms with van der Waals surface area (Å²) in [6.07, 6.45) is 2.24. The lowest BCUT2D eigenvalue weighted by atomic mass is 10.00. The summed E-state index contributed by atoms with van der Waals surface area (Å²) in [6, 6.07) is 5.18. The van der Waals surface area contributed by atoms with E-state index in [0.29, 0.717) is 11.8 Å². The fourth-order valence-electron chi connectivity index (χ4n) is 2.70. The highest BCUT2D eigenvalue weighted by Gasteiger charge is 2.19. The molecule has 1 saturated heterocycles. The molecule has 0 radical (unpaired) electrons. The van der Waals surface area contributed by atoms with E-state index >= 15 is 0 Å². The molecule has 0 saturated carbocycles. The number of aromatic nitrogens is 2. The lowest BCUT2D eigenvalue weighted by Crippen LogP contribution is -2.34. The zero-order valence-electron chi connectivity index (χ0n) is 13.3. The second kappa shape index (κ2) is 6.48. The summed E-state index contributed by atoms with van der Waals surface area (Å²) in [5, 5.41) is 2.91. The summed E-state index contributed by atoms with van der Waals surface area (Å²) >= 11 is 0. The molecular formula is C17H20F2N4. The van der Waals surface area contributed by atoms with Crippen molar-refractivity contribution in [1.29, 1.82) is 0 Å². The Morgan fingerprint density at radius 2 is 1.87 bits per heavy atom. The van der Waals surface area contributed by atoms with Gasteiger partial charge in [0.05, 0.1) is 5.69 Å². The average molecular weight is 318 g/mol. The van der Waals surface area contributed by atoms with Crippen molar-refractivity contribution in [2.24, 2.45) is 5.92 Å². The lowest BCUT2D eigenvalue weighted by Gasteiger charge is -2.30. The molecule has 0 bridgehead atoms. The Morgan fingerprint density at radius 3 is 2.57 bits per heavy atom. The SMILES string of the molecule is Cc1cc(Nc2ccc(F)cc2F)nc(N2CCC(C)CC2)n1. The molecular weight excluding hydrogens is 298 g/mol. The van der Waals surface area contributed by atoms with E-state index < -0.39 is 11.6 Å². The second-order valence-corrected chi connectivity index (χ2v) is 6.11. The molecule has 4 nitrogen and oxygen atoms in total. The zero-order valence-corrected chi connectivity index (χ0v) is 13.3. The standard InChI is InChI=1S/C17H20F2N4/c1-11-5-7-23(8-6-11)17-20-12(2)9-16(22-17)21-15-4-3-13(18)10-14(15)19/h3-4,9-11H,5-8H2,1-2H3,(H,20,21,22). The van der Waals surface area contributed by atoms with Crippen LogP contribution in [0.3, 0.4) is 0 Å². The number of anilines is 3. The van der Waals surface area contributed by atoms with Crippen LogP contribution in [0.4, 0.5) is 26.2 Å². The van der Waals surface area contributed by atoms with Gasteiger partial charge >= 0.3 is 0 Å². The third-order valence-electron chi connectivity index (χ3n) is 4.10. The van der Waals surface area contributed by atoms with Gasteiger partial charge in [0, 0.05) is 30.9 Å². The molecule has 0 unspecified atom stereocenters. The van der Waals surface area contributed by atoms with Gasteiger partial charge in [0.2, 0.25) is 5.95 Å². The van der Waals surface area contributed by atoms with E-state index in [1.54, 1.807) is 6.07 Å². The first-order valence-electron chi connectivity index (χ1n) is 7.84. The Morgan fingerprint density at radius 1 is 1.13 bits per heavy atom. The number of nitrogens with one attached hydrogen (secondary N) is 1. The third kappa shape index (κ3) is 3.75. The van der Waals surface area contributed by atoms with Crippen LogP contribution in [0.25, 0.3) is 0 Å². The van der Waals surface area contributed by atoms with Gasteiger partial charge in [-0.3, -0.25) is 0 Å². The second-order valence-electron chi connectivity index (χ2n) is 6.11. The molecule has 3 rings (SSSR count). The van der Waals surface area contributed by atoms with E-state index in [0.717, 1.165) is 43.6 Å². The van der Waals surface area contributed by atoms with E-state index in [1.165, 1.54) is 12.1 Å². The Labute approximate surface area is 134 Å². The van der Waals surface area contributed by atoms with Crippen LogP contribution in [0.2, 0.25) is 0 Å². The predicted molar refractivity (Wildman–Crippen MR) is 87.0 cm³/mol. The van der Waals surface area contributed by atoms with Crippen LogP contribution < -0.4 is 10.2 Å². The Balaban J connectivity index is 1.82. The molecule has 1 aromatic carbocycles. The maximum absolute atomic E-state index is 13.8. The molecule has 6 heteroatoms. The highest BCUT2D eigenvalue weighted by Crippen LogP contribution is 2.24. The molecule has 1 aliphatic heterocycles. The van der Waals surface area contributed by atoms with Crippen molar-refractivity contribution in [3.8, 4) is 0 Å². The molecule has 0 atom stereocenters. The number of hydrogen-bond acceptors (Lipinski definition) is 4. The molecule has 0 amide bonds. The van der Waals surface area contributed by atoms with E-state index in [4.69, 9.17) is 0 Å². The van der Waals surface area contributed by atoms with Gasteiger partial charge in [-0.15, -0.1) is 0 Å². The van der Waals surface area contributed by atoms with Crippen molar-refractivity contribution in [3.63, 3.8) is 0 Å². The third-order valence-corrected chi connectivity index (χ3v) is 4.10. The van der Waals surface area contributed by atoms with E-state index in [2.05, 4.69) is 27.1 Å². The van der Waals surface area contributed by atoms with Crippen LogP contribution in [-0.2, 0) is 0 Å². The number of aryl methyl sites for hydroxylation is 1. The molecule has 0 spiro atoms. The van der Waals surface area contributed by atoms with Gasteiger partial charge in [-0.05, 0) is 37.8 Å². The highest BCUT2D eigenvalue weighted by molar-refractivity contribution is 5.58. The smallest absolute Gasteiger partial charge is 0.227 e. The van der Waals surface area contributed by atoms with Crippen LogP contribution >= 0.6 is 0 Å². The van der Waals surface area contributed by atoms with Gasteiger partial charge in [-0.25, -0.2) is 13.8 Å². The number of piperidine rings is 1. The minimum Gasteiger partial charge on any atom is -0.341 e.